The summed E-state index contributed by atoms with van der Waals surface area (Å²) in [6.45, 7) is 7.60. The maximum atomic E-state index is 14.6. The number of esters is 2. The van der Waals surface area contributed by atoms with Crippen molar-refractivity contribution in [3.63, 3.8) is 0 Å². The van der Waals surface area contributed by atoms with Gasteiger partial charge in [-0.05, 0) is 41.5 Å². The molecule has 0 spiro atoms. The van der Waals surface area contributed by atoms with Gasteiger partial charge in [-0.15, -0.1) is 0 Å². The van der Waals surface area contributed by atoms with Crippen molar-refractivity contribution in [2.24, 2.45) is 0 Å². The Morgan fingerprint density at radius 2 is 1.62 bits per heavy atom. The van der Waals surface area contributed by atoms with Gasteiger partial charge in [0.25, 0.3) is 6.43 Å². The molecule has 2 aromatic heterocycles. The van der Waals surface area contributed by atoms with E-state index in [0.29, 0.717) is 0 Å². The molecule has 1 aliphatic rings. The van der Waals surface area contributed by atoms with Crippen molar-refractivity contribution in [3.8, 4) is 0 Å². The van der Waals surface area contributed by atoms with Gasteiger partial charge in [-0.3, -0.25) is 18.7 Å². The predicted molar refractivity (Wildman–Crippen MR) is 142 cm³/mol. The molecule has 3 heterocycles. The minimum atomic E-state index is -4.60. The van der Waals surface area contributed by atoms with Crippen molar-refractivity contribution in [2.45, 2.75) is 96.3 Å². The number of carbonyl (C=O) groups is 2. The maximum absolute atomic E-state index is 14.6. The number of halogens is 2. The Hall–Kier alpha value is -2.86. The third-order valence-corrected chi connectivity index (χ3v) is 8.05. The molecule has 6 atom stereocenters. The zero-order valence-electron chi connectivity index (χ0n) is 23.8. The molecule has 3 rings (SSSR count). The van der Waals surface area contributed by atoms with Gasteiger partial charge in [0.15, 0.2) is 23.3 Å². The minimum absolute atomic E-state index is 0.0451. The van der Waals surface area contributed by atoms with Crippen LogP contribution in [0, 0.1) is 0 Å². The highest BCUT2D eigenvalue weighted by Gasteiger charge is 2.61. The first-order chi connectivity index (χ1) is 19.5. The summed E-state index contributed by atoms with van der Waals surface area (Å²) in [6.07, 6.45) is -8.26. The Labute approximate surface area is 239 Å². The van der Waals surface area contributed by atoms with E-state index in [-0.39, 0.29) is 17.0 Å². The second kappa shape index (κ2) is 13.2. The number of rotatable bonds is 13. The molecule has 0 aromatic carbocycles. The summed E-state index contributed by atoms with van der Waals surface area (Å²) < 4.78 is 65.3. The Balaban J connectivity index is 1.92. The van der Waals surface area contributed by atoms with E-state index in [1.54, 1.807) is 27.7 Å². The lowest BCUT2D eigenvalue weighted by atomic mass is 9.96. The van der Waals surface area contributed by atoms with Crippen LogP contribution in [0.4, 0.5) is 14.6 Å². The highest BCUT2D eigenvalue weighted by Crippen LogP contribution is 2.47. The first kappa shape index (κ1) is 33.6. The molecule has 42 heavy (non-hydrogen) atoms. The summed E-state index contributed by atoms with van der Waals surface area (Å²) in [4.78, 5) is 36.5. The number of nitrogens with one attached hydrogen (secondary N) is 2. The van der Waals surface area contributed by atoms with Crippen LogP contribution in [0.25, 0.3) is 11.2 Å². The topological polar surface area (TPSA) is 222 Å². The number of aliphatic hydroxyl groups is 2. The van der Waals surface area contributed by atoms with Crippen molar-refractivity contribution in [1.82, 2.24) is 29.7 Å². The number of fused-ring (bicyclic) bond motifs is 1. The Morgan fingerprint density at radius 1 is 1.07 bits per heavy atom. The second-order valence-electron chi connectivity index (χ2n) is 10.3. The summed E-state index contributed by atoms with van der Waals surface area (Å²) in [5, 5.41) is 26.3. The highest BCUT2D eigenvalue weighted by atomic mass is 31.2. The summed E-state index contributed by atoms with van der Waals surface area (Å²) in [7, 11) is -4.60. The molecule has 236 valence electrons. The van der Waals surface area contributed by atoms with E-state index in [1.807, 2.05) is 0 Å². The number of imidazole rings is 1. The zero-order chi connectivity index (χ0) is 31.6. The summed E-state index contributed by atoms with van der Waals surface area (Å²) in [5.74, 6) is -1.80. The van der Waals surface area contributed by atoms with Crippen LogP contribution >= 0.6 is 7.67 Å². The van der Waals surface area contributed by atoms with Crippen LogP contribution in [0.1, 0.15) is 47.8 Å². The van der Waals surface area contributed by atoms with Crippen LogP contribution in [-0.4, -0.2) is 96.8 Å². The smallest absolute Gasteiger partial charge is 0.342 e. The van der Waals surface area contributed by atoms with Crippen molar-refractivity contribution in [1.29, 1.82) is 0 Å². The molecule has 1 aliphatic heterocycles. The number of carbonyl (C=O) groups excluding carboxylic acids is 2. The minimum Gasteiger partial charge on any atom is -0.462 e. The maximum Gasteiger partial charge on any atom is 0.342 e. The number of nitrogens with two attached hydrogens (primary N) is 1. The number of alkyl halides is 2. The van der Waals surface area contributed by atoms with E-state index in [9.17, 15) is 33.1 Å². The Morgan fingerprint density at radius 3 is 2.12 bits per heavy atom. The van der Waals surface area contributed by atoms with Crippen LogP contribution in [0.5, 0.6) is 0 Å². The van der Waals surface area contributed by atoms with E-state index in [1.165, 1.54) is 13.8 Å². The van der Waals surface area contributed by atoms with Crippen molar-refractivity contribution >= 4 is 36.6 Å². The summed E-state index contributed by atoms with van der Waals surface area (Å²) in [5.41, 5.74) is 3.05. The number of ether oxygens (including phenoxy) is 3. The molecule has 0 saturated carbocycles. The van der Waals surface area contributed by atoms with Gasteiger partial charge >= 0.3 is 19.6 Å². The number of hydrogen-bond donors (Lipinski definition) is 5. The van der Waals surface area contributed by atoms with Gasteiger partial charge < -0.3 is 34.7 Å². The van der Waals surface area contributed by atoms with Gasteiger partial charge in [0.2, 0.25) is 0 Å². The third-order valence-electron chi connectivity index (χ3n) is 6.10. The Kier molecular flexibility index (Phi) is 10.6. The lowest BCUT2D eigenvalue weighted by molar-refractivity contribution is -0.191. The number of nitrogens with zero attached hydrogens (tertiary/aromatic N) is 4. The second-order valence-corrected chi connectivity index (χ2v) is 12.2. The molecule has 6 N–H and O–H groups in total. The zero-order valence-corrected chi connectivity index (χ0v) is 24.7. The molecule has 0 bridgehead atoms. The normalized spacial score (nSPS) is 25.6. The van der Waals surface area contributed by atoms with Gasteiger partial charge in [0.05, 0.1) is 18.8 Å². The summed E-state index contributed by atoms with van der Waals surface area (Å²) in [6, 6.07) is -2.62. The molecule has 6 unspecified atom stereocenters. The first-order valence-electron chi connectivity index (χ1n) is 13.0. The quantitative estimate of drug-likeness (QED) is 0.153. The lowest BCUT2D eigenvalue weighted by Crippen LogP contribution is -2.53. The number of aromatic nitrogens is 4. The molecule has 16 nitrogen and oxygen atoms in total. The van der Waals surface area contributed by atoms with Gasteiger partial charge in [0.1, 0.15) is 42.5 Å². The molecular weight excluding hydrogens is 587 g/mol. The van der Waals surface area contributed by atoms with Crippen molar-refractivity contribution in [3.05, 3.63) is 12.7 Å². The Bertz CT molecular complexity index is 1280. The van der Waals surface area contributed by atoms with E-state index >= 15 is 0 Å². The van der Waals surface area contributed by atoms with Crippen LogP contribution < -0.4 is 15.9 Å². The number of hydrogen-bond acceptors (Lipinski definition) is 13. The third kappa shape index (κ3) is 7.19. The molecule has 1 saturated heterocycles. The standard InChI is InChI=1S/C23H36F2N7O9P/c1-10(2)39-20(35)12(5)30-42(37,31-13(6)21(36)40-11(3)4)38-7-23(22(24)25)16(34)15(33)19(41-23)32-9-29-18-14(32)17(26)27-8-28-18/h8-13,15-16,19,22,33-34H,7H2,1-6H3,(H2,26,27,28)(H2,30,31,37). The fraction of sp³-hybridized carbons (Fsp3) is 0.696. The number of nitrogen functional groups attached to an aromatic ring is 1. The fourth-order valence-corrected chi connectivity index (χ4v) is 5.91. The van der Waals surface area contributed by atoms with Crippen molar-refractivity contribution in [2.75, 3.05) is 12.3 Å². The predicted octanol–water partition coefficient (Wildman–Crippen LogP) is 0.647. The average molecular weight is 624 g/mol. The van der Waals surface area contributed by atoms with E-state index < -0.39 is 81.0 Å². The molecule has 1 fully saturated rings. The average Bonchev–Trinajstić information content (AvgIpc) is 3.42. The van der Waals surface area contributed by atoms with E-state index in [4.69, 9.17) is 24.5 Å². The summed E-state index contributed by atoms with van der Waals surface area (Å²) >= 11 is 0. The first-order valence-corrected chi connectivity index (χ1v) is 14.6. The lowest BCUT2D eigenvalue weighted by Gasteiger charge is -2.33. The van der Waals surface area contributed by atoms with Gasteiger partial charge in [-0.2, -0.15) is 0 Å². The van der Waals surface area contributed by atoms with Crippen LogP contribution in [0.3, 0.4) is 0 Å². The van der Waals surface area contributed by atoms with Crippen LogP contribution in [0.2, 0.25) is 0 Å². The monoisotopic (exact) mass is 623 g/mol. The molecule has 2 aromatic rings. The molecule has 19 heteroatoms. The van der Waals surface area contributed by atoms with Crippen LogP contribution in [0.15, 0.2) is 12.7 Å². The van der Waals surface area contributed by atoms with Gasteiger partial charge in [-0.1, -0.05) is 0 Å². The molecule has 0 aliphatic carbocycles. The number of aliphatic hydroxyl groups excluding tert-OH is 2. The van der Waals surface area contributed by atoms with Crippen LogP contribution in [-0.2, 0) is 32.9 Å². The molecule has 0 radical (unpaired) electrons. The molecule has 0 amide bonds. The highest BCUT2D eigenvalue weighted by molar-refractivity contribution is 7.54. The van der Waals surface area contributed by atoms with Crippen molar-refractivity contribution < 1.29 is 51.9 Å². The molecular formula is C23H36F2N7O9P. The van der Waals surface area contributed by atoms with E-state index in [0.717, 1.165) is 17.2 Å². The largest absolute Gasteiger partial charge is 0.462 e. The SMILES string of the molecule is CC(C)OC(=O)C(C)NP(=O)(NC(C)C(=O)OC(C)C)OCC1(C(F)F)OC(n2cnc3ncnc(N)c32)C(O)C1O. The fourth-order valence-electron chi connectivity index (χ4n) is 4.07. The number of anilines is 1. The van der Waals surface area contributed by atoms with Gasteiger partial charge in [-0.25, -0.2) is 33.9 Å². The van der Waals surface area contributed by atoms with E-state index in [2.05, 4.69) is 25.1 Å². The van der Waals surface area contributed by atoms with Gasteiger partial charge in [0, 0.05) is 0 Å².